The van der Waals surface area contributed by atoms with Crippen LogP contribution in [-0.2, 0) is 26.2 Å². The summed E-state index contributed by atoms with van der Waals surface area (Å²) in [6, 6.07) is 14.0. The van der Waals surface area contributed by atoms with E-state index in [1.807, 2.05) is 32.3 Å². The van der Waals surface area contributed by atoms with Gasteiger partial charge in [-0.1, -0.05) is 30.3 Å². The normalized spacial score (nSPS) is 19.0. The molecule has 0 spiro atoms. The van der Waals surface area contributed by atoms with Gasteiger partial charge in [-0.2, -0.15) is 4.31 Å². The first-order valence-electron chi connectivity index (χ1n) is 12.0. The summed E-state index contributed by atoms with van der Waals surface area (Å²) in [6.45, 7) is 1.53. The summed E-state index contributed by atoms with van der Waals surface area (Å²) in [5.74, 6) is -0.544. The summed E-state index contributed by atoms with van der Waals surface area (Å²) >= 11 is 0. The fourth-order valence-electron chi connectivity index (χ4n) is 4.95. The molecule has 1 fully saturated rings. The molecule has 0 saturated heterocycles. The van der Waals surface area contributed by atoms with Gasteiger partial charge in [0.2, 0.25) is 10.0 Å². The molecule has 2 N–H and O–H groups in total. The zero-order valence-electron chi connectivity index (χ0n) is 21.7. The van der Waals surface area contributed by atoms with E-state index < -0.39 is 22.0 Å². The third-order valence-corrected chi connectivity index (χ3v) is 9.29. The van der Waals surface area contributed by atoms with Crippen LogP contribution in [0.25, 0.3) is 0 Å². The molecule has 37 heavy (non-hydrogen) atoms. The molecule has 1 aliphatic carbocycles. The topological polar surface area (TPSA) is 113 Å². The lowest BCUT2D eigenvalue weighted by molar-refractivity contribution is -0.842. The molecule has 204 valence electrons. The monoisotopic (exact) mass is 554 g/mol. The van der Waals surface area contributed by atoms with Crippen molar-refractivity contribution in [3.63, 3.8) is 0 Å². The Hall–Kier alpha value is -2.50. The van der Waals surface area contributed by atoms with E-state index in [9.17, 15) is 23.2 Å². The standard InChI is InChI=1S/C26H35N3O6S.ClH/c1-19(30)29(2,3)22-12-10-21(11-13-22)25(26(31)27-32)28(18-20-8-6-5-7-9-20)36(33,34)24-16-14-23(35-4)15-17-24;/h5-9,14-17,21-22,25H,10-13,18H2,1-4H3,(H-,27,31,32);1H/p+1/t21?,22?,25-;/m1./s1. The van der Waals surface area contributed by atoms with Gasteiger partial charge in [0.05, 0.1) is 39.1 Å². The van der Waals surface area contributed by atoms with Crippen LogP contribution in [0.3, 0.4) is 0 Å². The number of ether oxygens (including phenoxy) is 1. The third kappa shape index (κ3) is 6.88. The lowest BCUT2D eigenvalue weighted by Gasteiger charge is -2.42. The second-order valence-corrected chi connectivity index (χ2v) is 11.7. The van der Waals surface area contributed by atoms with Gasteiger partial charge in [-0.25, -0.2) is 18.7 Å². The predicted octanol–water partition coefficient (Wildman–Crippen LogP) is 3.36. The summed E-state index contributed by atoms with van der Waals surface area (Å²) in [4.78, 5) is 25.2. The van der Waals surface area contributed by atoms with E-state index >= 15 is 0 Å². The molecule has 0 unspecified atom stereocenters. The molecule has 3 rings (SSSR count). The molecule has 1 atom stereocenters. The van der Waals surface area contributed by atoms with Crippen LogP contribution in [0.4, 0.5) is 0 Å². The van der Waals surface area contributed by atoms with Crippen LogP contribution < -0.4 is 10.2 Å². The summed E-state index contributed by atoms with van der Waals surface area (Å²) in [5.41, 5.74) is 2.42. The van der Waals surface area contributed by atoms with Crippen molar-refractivity contribution in [1.29, 1.82) is 0 Å². The second kappa shape index (κ2) is 12.8. The summed E-state index contributed by atoms with van der Waals surface area (Å²) in [7, 11) is 1.11. The van der Waals surface area contributed by atoms with Gasteiger partial charge in [-0.3, -0.25) is 14.5 Å². The molecule has 0 radical (unpaired) electrons. The van der Waals surface area contributed by atoms with Crippen molar-refractivity contribution in [2.45, 2.75) is 56.1 Å². The first-order valence-corrected chi connectivity index (χ1v) is 13.4. The number of carbonyl (C=O) groups excluding carboxylic acids is 2. The number of sulfonamides is 1. The van der Waals surface area contributed by atoms with Crippen LogP contribution in [0.1, 0.15) is 38.2 Å². The first-order chi connectivity index (χ1) is 17.0. The van der Waals surface area contributed by atoms with Crippen molar-refractivity contribution in [3.05, 3.63) is 60.2 Å². The average molecular weight is 555 g/mol. The Morgan fingerprint density at radius 2 is 1.62 bits per heavy atom. The smallest absolute Gasteiger partial charge is 0.310 e. The molecule has 0 bridgehead atoms. The van der Waals surface area contributed by atoms with Crippen LogP contribution in [0.15, 0.2) is 59.5 Å². The first kappa shape index (κ1) is 30.7. The van der Waals surface area contributed by atoms with Gasteiger partial charge in [-0.15, -0.1) is 12.4 Å². The Balaban J connectivity index is 0.00000481. The van der Waals surface area contributed by atoms with E-state index in [1.165, 1.54) is 23.5 Å². The van der Waals surface area contributed by atoms with Gasteiger partial charge in [0.25, 0.3) is 5.91 Å². The maximum absolute atomic E-state index is 13.9. The highest BCUT2D eigenvalue weighted by Crippen LogP contribution is 2.36. The average Bonchev–Trinajstić information content (AvgIpc) is 2.89. The molecule has 0 aliphatic heterocycles. The molecule has 2 amide bonds. The largest absolute Gasteiger partial charge is 0.497 e. The van der Waals surface area contributed by atoms with E-state index in [2.05, 4.69) is 0 Å². The molecule has 2 aromatic carbocycles. The van der Waals surface area contributed by atoms with Crippen molar-refractivity contribution in [1.82, 2.24) is 9.79 Å². The quantitative estimate of drug-likeness (QED) is 0.279. The number of benzene rings is 2. The fourth-order valence-corrected chi connectivity index (χ4v) is 6.58. The van der Waals surface area contributed by atoms with Gasteiger partial charge in [-0.05, 0) is 48.6 Å². The Morgan fingerprint density at radius 1 is 1.05 bits per heavy atom. The maximum atomic E-state index is 13.9. The molecule has 1 saturated carbocycles. The second-order valence-electron chi connectivity index (χ2n) is 9.76. The number of amides is 2. The Kier molecular flexibility index (Phi) is 10.7. The minimum absolute atomic E-state index is 0. The van der Waals surface area contributed by atoms with Gasteiger partial charge >= 0.3 is 5.91 Å². The molecule has 1 aliphatic rings. The number of hydrogen-bond acceptors (Lipinski definition) is 6. The van der Waals surface area contributed by atoms with E-state index in [0.29, 0.717) is 37.0 Å². The van der Waals surface area contributed by atoms with Crippen molar-refractivity contribution in [2.24, 2.45) is 5.92 Å². The number of methoxy groups -OCH3 is 1. The lowest BCUT2D eigenvalue weighted by atomic mass is 9.80. The number of halogens is 1. The highest BCUT2D eigenvalue weighted by molar-refractivity contribution is 7.89. The zero-order chi connectivity index (χ0) is 26.5. The number of hydroxylamine groups is 1. The molecule has 2 aromatic rings. The molecular weight excluding hydrogens is 518 g/mol. The van der Waals surface area contributed by atoms with Crippen LogP contribution in [-0.4, -0.2) is 67.5 Å². The number of nitrogens with one attached hydrogen (secondary N) is 1. The summed E-state index contributed by atoms with van der Waals surface area (Å²) < 4.78 is 34.4. The Morgan fingerprint density at radius 3 is 2.11 bits per heavy atom. The number of hydrogen-bond donors (Lipinski definition) is 2. The highest BCUT2D eigenvalue weighted by atomic mass is 35.5. The van der Waals surface area contributed by atoms with Crippen molar-refractivity contribution in [2.75, 3.05) is 21.2 Å². The van der Waals surface area contributed by atoms with Crippen molar-refractivity contribution < 1.29 is 32.4 Å². The number of nitrogens with zero attached hydrogens (tertiary/aromatic N) is 2. The number of carbonyl (C=O) groups is 2. The maximum Gasteiger partial charge on any atom is 0.310 e. The Labute approximate surface area is 225 Å². The van der Waals surface area contributed by atoms with Crippen molar-refractivity contribution >= 4 is 34.2 Å². The Bertz CT molecular complexity index is 1150. The molecule has 0 heterocycles. The molecule has 11 heteroatoms. The number of quaternary nitrogens is 1. The van der Waals surface area contributed by atoms with Crippen molar-refractivity contribution in [3.8, 4) is 5.75 Å². The molecule has 0 aromatic heterocycles. The van der Waals surface area contributed by atoms with E-state index in [-0.39, 0.29) is 46.2 Å². The van der Waals surface area contributed by atoms with Crippen LogP contribution >= 0.6 is 12.4 Å². The van der Waals surface area contributed by atoms with Gasteiger partial charge in [0, 0.05) is 19.4 Å². The van der Waals surface area contributed by atoms with Gasteiger partial charge in [0.15, 0.2) is 0 Å². The third-order valence-electron chi connectivity index (χ3n) is 7.45. The zero-order valence-corrected chi connectivity index (χ0v) is 23.3. The highest BCUT2D eigenvalue weighted by Gasteiger charge is 2.45. The number of rotatable bonds is 9. The fraction of sp³-hybridized carbons (Fsp3) is 0.462. The minimum atomic E-state index is -4.14. The van der Waals surface area contributed by atoms with Crippen LogP contribution in [0.5, 0.6) is 5.75 Å². The predicted molar refractivity (Wildman–Crippen MR) is 142 cm³/mol. The van der Waals surface area contributed by atoms with E-state index in [1.54, 1.807) is 36.7 Å². The van der Waals surface area contributed by atoms with Gasteiger partial charge in [0.1, 0.15) is 11.8 Å². The van der Waals surface area contributed by atoms with Gasteiger partial charge < -0.3 is 4.74 Å². The minimum Gasteiger partial charge on any atom is -0.497 e. The van der Waals surface area contributed by atoms with E-state index in [0.717, 1.165) is 0 Å². The summed E-state index contributed by atoms with van der Waals surface area (Å²) in [6.07, 6.45) is 2.41. The SMILES string of the molecule is COc1ccc(S(=O)(=O)N(Cc2ccccc2)[C@@H](C(=O)NO)C2CCC([N+](C)(C)C(C)=O)CC2)cc1.Cl. The molecule has 9 nitrogen and oxygen atoms in total. The van der Waals surface area contributed by atoms with Crippen LogP contribution in [0.2, 0.25) is 0 Å². The van der Waals surface area contributed by atoms with E-state index in [4.69, 9.17) is 4.74 Å². The lowest BCUT2D eigenvalue weighted by Crippen LogP contribution is -2.56. The molecular formula is C26H37ClN3O6S+. The van der Waals surface area contributed by atoms with Crippen LogP contribution in [0, 0.1) is 5.92 Å². The summed E-state index contributed by atoms with van der Waals surface area (Å²) in [5, 5.41) is 9.62.